The first kappa shape index (κ1) is 34.4. The largest absolute Gasteiger partial charge is 0.481 e. The first-order valence-electron chi connectivity index (χ1n) is 18.6. The molecule has 2 saturated heterocycles. The topological polar surface area (TPSA) is 161 Å². The summed E-state index contributed by atoms with van der Waals surface area (Å²) in [6.45, 7) is 19.0. The third-order valence-electron chi connectivity index (χ3n) is 15.8. The van der Waals surface area contributed by atoms with Crippen molar-refractivity contribution in [2.75, 3.05) is 38.8 Å². The lowest BCUT2D eigenvalue weighted by Gasteiger charge is -2.71. The molecule has 5 fully saturated rings. The molecular formula is C37H60N6O5. The molecule has 3 heterocycles. The van der Waals surface area contributed by atoms with Crippen LogP contribution in [0.25, 0.3) is 0 Å². The summed E-state index contributed by atoms with van der Waals surface area (Å²) in [5.74, 6) is 0.319. The predicted octanol–water partition coefficient (Wildman–Crippen LogP) is 5.28. The summed E-state index contributed by atoms with van der Waals surface area (Å²) in [4.78, 5) is 15.2. The van der Waals surface area contributed by atoms with Gasteiger partial charge < -0.3 is 30.8 Å². The first-order chi connectivity index (χ1) is 22.5. The summed E-state index contributed by atoms with van der Waals surface area (Å²) in [7, 11) is 0. The molecule has 3 saturated carbocycles. The van der Waals surface area contributed by atoms with E-state index < -0.39 is 28.3 Å². The number of anilines is 1. The maximum atomic E-state index is 13.5. The van der Waals surface area contributed by atoms with Gasteiger partial charge in [0.05, 0.1) is 31.8 Å². The van der Waals surface area contributed by atoms with E-state index in [9.17, 15) is 9.90 Å². The highest BCUT2D eigenvalue weighted by atomic mass is 16.5. The normalized spacial score (nSPS) is 45.8. The van der Waals surface area contributed by atoms with Gasteiger partial charge in [0, 0.05) is 24.2 Å². The van der Waals surface area contributed by atoms with Crippen LogP contribution in [0.3, 0.4) is 0 Å². The summed E-state index contributed by atoms with van der Waals surface area (Å²) in [5.41, 5.74) is 12.5. The average Bonchev–Trinajstić information content (AvgIpc) is 3.46. The number of tetrazole rings is 1. The van der Waals surface area contributed by atoms with Crippen LogP contribution in [0.1, 0.15) is 106 Å². The molecule has 1 aromatic rings. The van der Waals surface area contributed by atoms with E-state index in [2.05, 4.69) is 70.0 Å². The molecule has 11 nitrogen and oxygen atoms in total. The van der Waals surface area contributed by atoms with Gasteiger partial charge in [-0.25, -0.2) is 0 Å². The molecular weight excluding hydrogens is 608 g/mol. The van der Waals surface area contributed by atoms with Crippen molar-refractivity contribution in [2.45, 2.75) is 118 Å². The van der Waals surface area contributed by atoms with Crippen LogP contribution >= 0.6 is 0 Å². The Hall–Kier alpha value is -2.08. The van der Waals surface area contributed by atoms with E-state index in [1.807, 2.05) is 0 Å². The van der Waals surface area contributed by atoms with Crippen molar-refractivity contribution in [1.82, 2.24) is 20.2 Å². The number of carbonyl (C=O) groups is 1. The Balaban J connectivity index is 1.36. The number of carboxylic acids is 1. The number of nitrogens with two attached hydrogens (primary N) is 2. The molecule has 268 valence electrons. The minimum Gasteiger partial charge on any atom is -0.481 e. The summed E-state index contributed by atoms with van der Waals surface area (Å²) in [5, 5.41) is 24.2. The van der Waals surface area contributed by atoms with Gasteiger partial charge in [-0.3, -0.25) is 4.79 Å². The van der Waals surface area contributed by atoms with Gasteiger partial charge in [0.25, 0.3) is 5.95 Å². The van der Waals surface area contributed by atoms with Crippen LogP contribution in [-0.2, 0) is 19.0 Å². The lowest BCUT2D eigenvalue weighted by Crippen LogP contribution is -2.70. The third-order valence-corrected chi connectivity index (χ3v) is 15.8. The standard InChI is InChI=1S/C37H60N6O5/c1-22(2)23(3)33(5)12-13-34(6)24-8-9-27-32(4)18-26(43-41-31(38)40-42-43)29(48-20-36(39)14-16-46-17-15-36)37(27,21-47-19-32)25(24)10-11-35(34,7)28(33)30(44)45/h10,22-24,26-29H,8-9,11-21,39H2,1-7H3,(H2,38,41)(H,44,45)/t23-,24+,26-,27-,28-,29+,32-,33-,34-,35+,37+/m1/s1. The predicted molar refractivity (Wildman–Crippen MR) is 182 cm³/mol. The van der Waals surface area contributed by atoms with Gasteiger partial charge >= 0.3 is 5.97 Å². The molecule has 0 aromatic carbocycles. The lowest BCUT2D eigenvalue weighted by atomic mass is 9.34. The molecule has 4 aliphatic carbocycles. The highest BCUT2D eigenvalue weighted by Crippen LogP contribution is 2.75. The highest BCUT2D eigenvalue weighted by Gasteiger charge is 2.73. The Morgan fingerprint density at radius 3 is 2.44 bits per heavy atom. The number of hydrogen-bond acceptors (Lipinski definition) is 9. The monoisotopic (exact) mass is 668 g/mol. The number of nitrogen functional groups attached to an aromatic ring is 1. The van der Waals surface area contributed by atoms with Crippen LogP contribution in [0.4, 0.5) is 5.95 Å². The van der Waals surface area contributed by atoms with Crippen molar-refractivity contribution in [3.63, 3.8) is 0 Å². The lowest BCUT2D eigenvalue weighted by molar-refractivity contribution is -0.256. The van der Waals surface area contributed by atoms with Crippen molar-refractivity contribution < 1.29 is 24.1 Å². The van der Waals surface area contributed by atoms with E-state index in [0.29, 0.717) is 50.8 Å². The van der Waals surface area contributed by atoms with E-state index in [4.69, 9.17) is 25.7 Å². The molecule has 2 aliphatic heterocycles. The smallest absolute Gasteiger partial charge is 0.307 e. The third kappa shape index (κ3) is 4.72. The zero-order valence-electron chi connectivity index (χ0n) is 30.3. The Morgan fingerprint density at radius 2 is 1.79 bits per heavy atom. The maximum Gasteiger partial charge on any atom is 0.307 e. The highest BCUT2D eigenvalue weighted by molar-refractivity contribution is 5.73. The molecule has 6 aliphatic rings. The van der Waals surface area contributed by atoms with Crippen LogP contribution in [0.2, 0.25) is 0 Å². The fraction of sp³-hybridized carbons (Fsp3) is 0.892. The van der Waals surface area contributed by atoms with Crippen LogP contribution < -0.4 is 11.5 Å². The number of aromatic nitrogens is 4. The number of nitrogens with zero attached hydrogens (tertiary/aromatic N) is 4. The molecule has 0 radical (unpaired) electrons. The minimum absolute atomic E-state index is 0.126. The molecule has 48 heavy (non-hydrogen) atoms. The van der Waals surface area contributed by atoms with Gasteiger partial charge in [0.2, 0.25) is 0 Å². The fourth-order valence-corrected chi connectivity index (χ4v) is 12.6. The first-order valence-corrected chi connectivity index (χ1v) is 18.6. The Kier molecular flexibility index (Phi) is 8.21. The van der Waals surface area contributed by atoms with E-state index >= 15 is 0 Å². The Bertz CT molecular complexity index is 1440. The van der Waals surface area contributed by atoms with Gasteiger partial charge in [0.15, 0.2) is 0 Å². The molecule has 0 amide bonds. The minimum atomic E-state index is -0.644. The SMILES string of the molecule is CC(C)[C@@H](C)[C@@]1(C)CC[C@]2(C)[C@H]3CC[C@@H]4[C@@]5(C)COC[C@@]4(C3=CC[C@@]2(C)[C@@H]1C(=O)O)[C@@H](OCC1(N)CCOCC1)[C@H](n1nnc(N)n1)C5. The van der Waals surface area contributed by atoms with Crippen molar-refractivity contribution in [2.24, 2.45) is 62.4 Å². The fourth-order valence-electron chi connectivity index (χ4n) is 12.6. The molecule has 0 unspecified atom stereocenters. The molecule has 0 spiro atoms. The van der Waals surface area contributed by atoms with Gasteiger partial charge in [0.1, 0.15) is 6.04 Å². The number of fused-ring (bicyclic) bond motifs is 3. The second kappa shape index (κ2) is 11.5. The van der Waals surface area contributed by atoms with Crippen LogP contribution in [0, 0.1) is 56.7 Å². The maximum absolute atomic E-state index is 13.5. The summed E-state index contributed by atoms with van der Waals surface area (Å²) >= 11 is 0. The number of allylic oxidation sites excluding steroid dienone is 1. The molecule has 11 heteroatoms. The van der Waals surface area contributed by atoms with Gasteiger partial charge in [-0.15, -0.1) is 5.10 Å². The number of aliphatic carboxylic acids is 1. The van der Waals surface area contributed by atoms with Gasteiger partial charge in [-0.1, -0.05) is 65.2 Å². The summed E-state index contributed by atoms with van der Waals surface area (Å²) in [6.07, 6.45) is 9.17. The average molecular weight is 669 g/mol. The molecule has 11 atom stereocenters. The Morgan fingerprint density at radius 1 is 1.06 bits per heavy atom. The second-order valence-electron chi connectivity index (χ2n) is 18.3. The number of hydrogen-bond donors (Lipinski definition) is 3. The van der Waals surface area contributed by atoms with Gasteiger partial charge in [-0.05, 0) is 102 Å². The van der Waals surface area contributed by atoms with E-state index in [-0.39, 0.29) is 40.3 Å². The van der Waals surface area contributed by atoms with Crippen molar-refractivity contribution in [1.29, 1.82) is 0 Å². The van der Waals surface area contributed by atoms with Crippen molar-refractivity contribution in [3.8, 4) is 0 Å². The van der Waals surface area contributed by atoms with Crippen LogP contribution in [-0.4, -0.2) is 76.0 Å². The second-order valence-corrected chi connectivity index (χ2v) is 18.3. The molecule has 5 N–H and O–H groups in total. The summed E-state index contributed by atoms with van der Waals surface area (Å²) in [6, 6.07) is -0.197. The molecule has 7 rings (SSSR count). The molecule has 2 bridgehead atoms. The van der Waals surface area contributed by atoms with Crippen molar-refractivity contribution >= 4 is 11.9 Å². The Labute approximate surface area is 286 Å². The van der Waals surface area contributed by atoms with E-state index in [1.54, 1.807) is 4.80 Å². The number of rotatable bonds is 7. The van der Waals surface area contributed by atoms with Crippen molar-refractivity contribution in [3.05, 3.63) is 11.6 Å². The number of ether oxygens (including phenoxy) is 3. The van der Waals surface area contributed by atoms with Crippen LogP contribution in [0.5, 0.6) is 0 Å². The van der Waals surface area contributed by atoms with E-state index in [1.165, 1.54) is 5.57 Å². The zero-order chi connectivity index (χ0) is 34.5. The summed E-state index contributed by atoms with van der Waals surface area (Å²) < 4.78 is 19.6. The number of carboxylic acid groups (broad SMARTS) is 1. The zero-order valence-corrected chi connectivity index (χ0v) is 30.3. The quantitative estimate of drug-likeness (QED) is 0.326. The van der Waals surface area contributed by atoms with E-state index in [0.717, 1.165) is 51.4 Å². The van der Waals surface area contributed by atoms with Crippen LogP contribution in [0.15, 0.2) is 11.6 Å². The van der Waals surface area contributed by atoms with Gasteiger partial charge in [-0.2, -0.15) is 4.80 Å². The molecule has 1 aromatic heterocycles.